The summed E-state index contributed by atoms with van der Waals surface area (Å²) in [4.78, 5) is 25.3. The number of imidazole rings is 1. The summed E-state index contributed by atoms with van der Waals surface area (Å²) in [7, 11) is 1.59. The van der Waals surface area contributed by atoms with Crippen LogP contribution in [0.1, 0.15) is 42.1 Å². The zero-order chi connectivity index (χ0) is 25.4. The number of piperidine rings is 1. The van der Waals surface area contributed by atoms with Gasteiger partial charge in [0.1, 0.15) is 11.6 Å². The molecule has 2 aliphatic heterocycles. The molecule has 188 valence electrons. The van der Waals surface area contributed by atoms with Gasteiger partial charge in [-0.1, -0.05) is 22.8 Å². The molecule has 0 radical (unpaired) electrons. The molecule has 1 aromatic heterocycles. The van der Waals surface area contributed by atoms with E-state index in [0.717, 1.165) is 16.9 Å². The number of benzene rings is 2. The van der Waals surface area contributed by atoms with Gasteiger partial charge in [0.2, 0.25) is 5.60 Å². The average molecular weight is 513 g/mol. The van der Waals surface area contributed by atoms with Crippen LogP contribution in [0, 0.1) is 12.7 Å². The number of ether oxygens (including phenoxy) is 1. The summed E-state index contributed by atoms with van der Waals surface area (Å²) >= 11 is 6.03. The van der Waals surface area contributed by atoms with E-state index in [1.807, 2.05) is 35.9 Å². The van der Waals surface area contributed by atoms with E-state index >= 15 is 0 Å². The molecule has 1 saturated heterocycles. The fourth-order valence-corrected chi connectivity index (χ4v) is 5.19. The lowest BCUT2D eigenvalue weighted by atomic mass is 9.84. The fourth-order valence-electron chi connectivity index (χ4n) is 4.96. The normalized spacial score (nSPS) is 20.4. The average Bonchev–Trinajstić information content (AvgIpc) is 3.48. The number of aromatic nitrogens is 2. The minimum atomic E-state index is -1.18. The van der Waals surface area contributed by atoms with Crippen molar-refractivity contribution >= 4 is 23.2 Å². The Morgan fingerprint density at radius 3 is 2.83 bits per heavy atom. The number of aliphatic hydroxyl groups excluding tert-OH is 1. The van der Waals surface area contributed by atoms with Crippen molar-refractivity contribution in [1.82, 2.24) is 14.5 Å². The van der Waals surface area contributed by atoms with Crippen LogP contribution < -0.4 is 4.74 Å². The third-order valence-electron chi connectivity index (χ3n) is 6.74. The predicted molar refractivity (Wildman–Crippen MR) is 132 cm³/mol. The second-order valence-electron chi connectivity index (χ2n) is 9.11. The summed E-state index contributed by atoms with van der Waals surface area (Å²) < 4.78 is 21.5. The minimum absolute atomic E-state index is 0.202. The number of halogens is 2. The molecule has 0 bridgehead atoms. The van der Waals surface area contributed by atoms with Crippen LogP contribution in [-0.2, 0) is 9.63 Å². The van der Waals surface area contributed by atoms with Crippen LogP contribution in [0.3, 0.4) is 0 Å². The van der Waals surface area contributed by atoms with Gasteiger partial charge in [-0.05, 0) is 49.2 Å². The van der Waals surface area contributed by atoms with Crippen molar-refractivity contribution in [1.29, 1.82) is 0 Å². The van der Waals surface area contributed by atoms with Gasteiger partial charge in [0.15, 0.2) is 0 Å². The number of likely N-dealkylation sites (tertiary alicyclic amines) is 1. The molecule has 2 aromatic carbocycles. The lowest BCUT2D eigenvalue weighted by Gasteiger charge is -2.41. The molecule has 0 saturated carbocycles. The maximum atomic E-state index is 14.0. The number of hydrogen-bond donors (Lipinski definition) is 1. The molecular formula is C26H26ClFN4O4. The third kappa shape index (κ3) is 4.33. The monoisotopic (exact) mass is 512 g/mol. The number of aliphatic hydroxyl groups is 1. The Bertz CT molecular complexity index is 1320. The number of carbonyl (C=O) groups is 1. The second kappa shape index (κ2) is 9.55. The van der Waals surface area contributed by atoms with Crippen molar-refractivity contribution in [3.8, 4) is 11.4 Å². The van der Waals surface area contributed by atoms with Gasteiger partial charge < -0.3 is 24.1 Å². The Hall–Kier alpha value is -3.43. The maximum Gasteiger partial charge on any atom is 0.270 e. The first-order valence-electron chi connectivity index (χ1n) is 11.7. The molecule has 2 unspecified atom stereocenters. The van der Waals surface area contributed by atoms with E-state index in [1.165, 1.54) is 17.0 Å². The van der Waals surface area contributed by atoms with Crippen molar-refractivity contribution in [2.24, 2.45) is 5.16 Å². The number of methoxy groups -OCH3 is 1. The van der Waals surface area contributed by atoms with E-state index in [0.29, 0.717) is 36.4 Å². The van der Waals surface area contributed by atoms with Crippen LogP contribution in [0.5, 0.6) is 5.75 Å². The lowest BCUT2D eigenvalue weighted by molar-refractivity contribution is -0.165. The zero-order valence-electron chi connectivity index (χ0n) is 19.9. The number of aryl methyl sites for hydroxylation is 1. The summed E-state index contributed by atoms with van der Waals surface area (Å²) in [6.07, 6.45) is 5.03. The first-order valence-corrected chi connectivity index (χ1v) is 12.0. The van der Waals surface area contributed by atoms with E-state index in [-0.39, 0.29) is 24.0 Å². The maximum absolute atomic E-state index is 14.0. The Labute approximate surface area is 212 Å². The SMILES string of the molecule is COc1cc(C2=NOC3(CCCN(C(CO)c4cc(F)cc(Cl)c4)C3=O)C2)ccc1-n1cnc(C)c1. The highest BCUT2D eigenvalue weighted by Crippen LogP contribution is 2.40. The number of nitrogens with zero attached hydrogens (tertiary/aromatic N) is 4. The van der Waals surface area contributed by atoms with Gasteiger partial charge in [0.25, 0.3) is 5.91 Å². The molecule has 5 rings (SSSR count). The standard InChI is InChI=1S/C26H26ClFN4O4/c1-16-13-31(15-29-16)22-5-4-17(10-24(22)35-2)21-12-26(36-30-21)6-3-7-32(25(26)34)23(14-33)18-8-19(27)11-20(28)9-18/h4-5,8-11,13,15,23,33H,3,6-7,12,14H2,1-2H3. The van der Waals surface area contributed by atoms with Gasteiger partial charge in [-0.2, -0.15) is 0 Å². The van der Waals surface area contributed by atoms with Crippen LogP contribution >= 0.6 is 11.6 Å². The highest BCUT2D eigenvalue weighted by atomic mass is 35.5. The Morgan fingerprint density at radius 2 is 2.14 bits per heavy atom. The highest BCUT2D eigenvalue weighted by Gasteiger charge is 2.52. The van der Waals surface area contributed by atoms with Crippen LogP contribution in [0.2, 0.25) is 5.02 Å². The number of amides is 1. The van der Waals surface area contributed by atoms with E-state index in [1.54, 1.807) is 19.5 Å². The first-order chi connectivity index (χ1) is 17.3. The molecule has 1 N–H and O–H groups in total. The van der Waals surface area contributed by atoms with E-state index in [9.17, 15) is 14.3 Å². The first kappa shape index (κ1) is 24.3. The largest absolute Gasteiger partial charge is 0.495 e. The van der Waals surface area contributed by atoms with Crippen LogP contribution in [0.15, 0.2) is 54.1 Å². The Kier molecular flexibility index (Phi) is 6.44. The molecule has 0 aliphatic carbocycles. The van der Waals surface area contributed by atoms with E-state index < -0.39 is 17.5 Å². The second-order valence-corrected chi connectivity index (χ2v) is 9.55. The van der Waals surface area contributed by atoms with E-state index in [2.05, 4.69) is 10.1 Å². The summed E-state index contributed by atoms with van der Waals surface area (Å²) in [6.45, 7) is 1.95. The van der Waals surface area contributed by atoms with Crippen LogP contribution in [0.4, 0.5) is 4.39 Å². The molecule has 3 aromatic rings. The van der Waals surface area contributed by atoms with Crippen molar-refractivity contribution in [2.45, 2.75) is 37.8 Å². The number of rotatable bonds is 6. The minimum Gasteiger partial charge on any atom is -0.495 e. The molecule has 2 atom stereocenters. The summed E-state index contributed by atoms with van der Waals surface area (Å²) in [5.74, 6) is -0.181. The molecular weight excluding hydrogens is 487 g/mol. The molecule has 2 aliphatic rings. The van der Waals surface area contributed by atoms with Gasteiger partial charge in [-0.15, -0.1) is 0 Å². The molecule has 3 heterocycles. The van der Waals surface area contributed by atoms with Gasteiger partial charge in [0, 0.05) is 36.2 Å². The predicted octanol–water partition coefficient (Wildman–Crippen LogP) is 4.20. The molecule has 36 heavy (non-hydrogen) atoms. The van der Waals surface area contributed by atoms with Gasteiger partial charge in [0.05, 0.1) is 43.2 Å². The van der Waals surface area contributed by atoms with Crippen molar-refractivity contribution in [2.75, 3.05) is 20.3 Å². The lowest BCUT2D eigenvalue weighted by Crippen LogP contribution is -2.55. The fraction of sp³-hybridized carbons (Fsp3) is 0.346. The molecule has 1 amide bonds. The summed E-state index contributed by atoms with van der Waals surface area (Å²) in [5.41, 5.74) is 2.39. The van der Waals surface area contributed by atoms with Crippen molar-refractivity contribution in [3.05, 3.63) is 76.6 Å². The smallest absolute Gasteiger partial charge is 0.270 e. The number of oxime groups is 1. The Balaban J connectivity index is 1.39. The molecule has 10 heteroatoms. The summed E-state index contributed by atoms with van der Waals surface area (Å²) in [5, 5.41) is 14.6. The molecule has 8 nitrogen and oxygen atoms in total. The topological polar surface area (TPSA) is 89.2 Å². The summed E-state index contributed by atoms with van der Waals surface area (Å²) in [6, 6.07) is 8.97. The highest BCUT2D eigenvalue weighted by molar-refractivity contribution is 6.30. The van der Waals surface area contributed by atoms with E-state index in [4.69, 9.17) is 21.2 Å². The quantitative estimate of drug-likeness (QED) is 0.534. The van der Waals surface area contributed by atoms with Gasteiger partial charge in [-0.25, -0.2) is 9.37 Å². The number of carbonyl (C=O) groups excluding carboxylic acids is 1. The Morgan fingerprint density at radius 1 is 1.31 bits per heavy atom. The number of hydrogen-bond acceptors (Lipinski definition) is 6. The van der Waals surface area contributed by atoms with Crippen LogP contribution in [-0.4, -0.2) is 57.0 Å². The third-order valence-corrected chi connectivity index (χ3v) is 6.95. The zero-order valence-corrected chi connectivity index (χ0v) is 20.7. The van der Waals surface area contributed by atoms with Crippen LogP contribution in [0.25, 0.3) is 5.69 Å². The van der Waals surface area contributed by atoms with Crippen molar-refractivity contribution in [3.63, 3.8) is 0 Å². The van der Waals surface area contributed by atoms with Gasteiger partial charge >= 0.3 is 0 Å². The molecule has 1 fully saturated rings. The van der Waals surface area contributed by atoms with Gasteiger partial charge in [-0.3, -0.25) is 4.79 Å². The molecule has 1 spiro atoms. The van der Waals surface area contributed by atoms with Crippen molar-refractivity contribution < 1.29 is 23.9 Å².